The number of hydrogen-bond acceptors (Lipinski definition) is 4. The van der Waals surface area contributed by atoms with E-state index >= 15 is 0 Å². The normalized spacial score (nSPS) is 12.2. The average Bonchev–Trinajstić information content (AvgIpc) is 3.28. The van der Waals surface area contributed by atoms with Gasteiger partial charge in [-0.25, -0.2) is 14.4 Å². The van der Waals surface area contributed by atoms with E-state index in [1.54, 1.807) is 24.0 Å². The third kappa shape index (κ3) is 3.59. The van der Waals surface area contributed by atoms with Gasteiger partial charge in [-0.15, -0.1) is 11.3 Å². The number of halogens is 1. The number of amides is 1. The minimum Gasteiger partial charge on any atom is -0.343 e. The first-order valence-corrected chi connectivity index (χ1v) is 9.36. The number of para-hydroxylation sites is 2. The van der Waals surface area contributed by atoms with Crippen LogP contribution in [0.3, 0.4) is 0 Å². The number of hydrogen-bond donors (Lipinski definition) is 1. The zero-order valence-electron chi connectivity index (χ0n) is 14.6. The van der Waals surface area contributed by atoms with E-state index in [2.05, 4.69) is 15.3 Å². The molecule has 7 heteroatoms. The van der Waals surface area contributed by atoms with Gasteiger partial charge in [0.15, 0.2) is 0 Å². The van der Waals surface area contributed by atoms with Crippen molar-refractivity contribution in [3.63, 3.8) is 0 Å². The first kappa shape index (κ1) is 17.4. The molecule has 0 aliphatic heterocycles. The molecule has 1 atom stereocenters. The molecule has 5 nitrogen and oxygen atoms in total. The van der Waals surface area contributed by atoms with E-state index in [0.717, 1.165) is 16.6 Å². The molecule has 0 bridgehead atoms. The molecular weight excluding hydrogens is 363 g/mol. The summed E-state index contributed by atoms with van der Waals surface area (Å²) in [6.45, 7) is 2.29. The molecule has 4 aromatic rings. The summed E-state index contributed by atoms with van der Waals surface area (Å²) < 4.78 is 15.4. The Hall–Kier alpha value is -3.06. The molecule has 1 amide bonds. The number of fused-ring (bicyclic) bond motifs is 1. The fraction of sp³-hybridized carbons (Fsp3) is 0.150. The molecule has 0 spiro atoms. The minimum atomic E-state index is -0.336. The Morgan fingerprint density at radius 1 is 1.19 bits per heavy atom. The van der Waals surface area contributed by atoms with Crippen molar-refractivity contribution in [1.29, 1.82) is 0 Å². The zero-order valence-corrected chi connectivity index (χ0v) is 15.4. The Labute approximate surface area is 159 Å². The van der Waals surface area contributed by atoms with Crippen molar-refractivity contribution in [3.05, 3.63) is 82.3 Å². The van der Waals surface area contributed by atoms with Crippen LogP contribution in [-0.2, 0) is 6.54 Å². The standard InChI is InChI=1S/C20H17FN4OS/c1-13-19(27-12-23-13)20(26)24-17(14-6-8-15(21)9-7-14)10-25-11-22-16-4-2-3-5-18(16)25/h2-9,11-12,17H,10H2,1H3,(H,24,26)/t17-/m1/s1. The minimum absolute atomic E-state index is 0.186. The number of benzene rings is 2. The number of carbonyl (C=O) groups is 1. The summed E-state index contributed by atoms with van der Waals surface area (Å²) >= 11 is 1.31. The van der Waals surface area contributed by atoms with Gasteiger partial charge in [0.2, 0.25) is 0 Å². The van der Waals surface area contributed by atoms with Gasteiger partial charge in [-0.1, -0.05) is 24.3 Å². The molecule has 1 N–H and O–H groups in total. The fourth-order valence-corrected chi connectivity index (χ4v) is 3.73. The van der Waals surface area contributed by atoms with Gasteiger partial charge in [0.05, 0.1) is 34.6 Å². The molecule has 0 saturated carbocycles. The Bertz CT molecular complexity index is 1090. The fourth-order valence-electron chi connectivity index (χ4n) is 3.03. The van der Waals surface area contributed by atoms with E-state index in [0.29, 0.717) is 17.1 Å². The highest BCUT2D eigenvalue weighted by Crippen LogP contribution is 2.21. The van der Waals surface area contributed by atoms with Crippen molar-refractivity contribution in [2.24, 2.45) is 0 Å². The lowest BCUT2D eigenvalue weighted by Crippen LogP contribution is -2.31. The molecular formula is C20H17FN4OS. The van der Waals surface area contributed by atoms with E-state index in [-0.39, 0.29) is 17.8 Å². The van der Waals surface area contributed by atoms with Gasteiger partial charge in [-0.05, 0) is 36.8 Å². The maximum atomic E-state index is 13.4. The van der Waals surface area contributed by atoms with E-state index in [9.17, 15) is 9.18 Å². The van der Waals surface area contributed by atoms with Crippen molar-refractivity contribution >= 4 is 28.3 Å². The number of nitrogens with zero attached hydrogens (tertiary/aromatic N) is 3. The second-order valence-electron chi connectivity index (χ2n) is 6.23. The number of carbonyl (C=O) groups excluding carboxylic acids is 1. The molecule has 0 radical (unpaired) electrons. The molecule has 2 heterocycles. The van der Waals surface area contributed by atoms with E-state index in [1.807, 2.05) is 35.8 Å². The van der Waals surface area contributed by atoms with Gasteiger partial charge in [-0.2, -0.15) is 0 Å². The van der Waals surface area contributed by atoms with E-state index in [4.69, 9.17) is 0 Å². The Morgan fingerprint density at radius 3 is 2.70 bits per heavy atom. The third-order valence-electron chi connectivity index (χ3n) is 4.44. The maximum Gasteiger partial charge on any atom is 0.263 e. The average molecular weight is 380 g/mol. The van der Waals surface area contributed by atoms with Crippen LogP contribution in [0.4, 0.5) is 4.39 Å². The van der Waals surface area contributed by atoms with Crippen LogP contribution in [0.15, 0.2) is 60.4 Å². The highest BCUT2D eigenvalue weighted by Gasteiger charge is 2.20. The van der Waals surface area contributed by atoms with Crippen LogP contribution in [-0.4, -0.2) is 20.4 Å². The molecule has 4 rings (SSSR count). The van der Waals surface area contributed by atoms with Gasteiger partial charge in [0.1, 0.15) is 10.7 Å². The number of rotatable bonds is 5. The topological polar surface area (TPSA) is 59.8 Å². The molecule has 27 heavy (non-hydrogen) atoms. The summed E-state index contributed by atoms with van der Waals surface area (Å²) in [5.41, 5.74) is 5.04. The van der Waals surface area contributed by atoms with Crippen LogP contribution in [0, 0.1) is 12.7 Å². The highest BCUT2D eigenvalue weighted by atomic mass is 32.1. The third-order valence-corrected chi connectivity index (χ3v) is 5.36. The van der Waals surface area contributed by atoms with Crippen LogP contribution in [0.1, 0.15) is 27.0 Å². The van der Waals surface area contributed by atoms with Crippen molar-refractivity contribution in [2.75, 3.05) is 0 Å². The number of imidazole rings is 1. The summed E-state index contributed by atoms with van der Waals surface area (Å²) in [6.07, 6.45) is 1.76. The number of nitrogens with one attached hydrogen (secondary N) is 1. The first-order valence-electron chi connectivity index (χ1n) is 8.48. The van der Waals surface area contributed by atoms with Crippen molar-refractivity contribution < 1.29 is 9.18 Å². The van der Waals surface area contributed by atoms with Gasteiger partial charge in [0.25, 0.3) is 5.91 Å². The summed E-state index contributed by atoms with van der Waals surface area (Å²) in [4.78, 5) is 21.9. The van der Waals surface area contributed by atoms with E-state index in [1.165, 1.54) is 23.5 Å². The van der Waals surface area contributed by atoms with Crippen molar-refractivity contribution in [2.45, 2.75) is 19.5 Å². The molecule has 0 aliphatic rings. The molecule has 0 unspecified atom stereocenters. The lowest BCUT2D eigenvalue weighted by atomic mass is 10.1. The van der Waals surface area contributed by atoms with Crippen LogP contribution < -0.4 is 5.32 Å². The number of thiazole rings is 1. The number of aromatic nitrogens is 3. The molecule has 0 fully saturated rings. The summed E-state index contributed by atoms with van der Waals surface area (Å²) in [6, 6.07) is 13.7. The van der Waals surface area contributed by atoms with Crippen LogP contribution >= 0.6 is 11.3 Å². The van der Waals surface area contributed by atoms with Gasteiger partial charge >= 0.3 is 0 Å². The monoisotopic (exact) mass is 380 g/mol. The highest BCUT2D eigenvalue weighted by molar-refractivity contribution is 7.11. The second kappa shape index (κ2) is 7.28. The predicted octanol–water partition coefficient (Wildman–Crippen LogP) is 4.11. The van der Waals surface area contributed by atoms with E-state index < -0.39 is 0 Å². The lowest BCUT2D eigenvalue weighted by molar-refractivity contribution is 0.0936. The maximum absolute atomic E-state index is 13.4. The Kier molecular flexibility index (Phi) is 4.68. The van der Waals surface area contributed by atoms with Gasteiger partial charge in [-0.3, -0.25) is 4.79 Å². The number of aryl methyl sites for hydroxylation is 1. The molecule has 136 valence electrons. The van der Waals surface area contributed by atoms with Crippen molar-refractivity contribution in [1.82, 2.24) is 19.9 Å². The Morgan fingerprint density at radius 2 is 1.96 bits per heavy atom. The molecule has 2 aromatic heterocycles. The predicted molar refractivity (Wildman–Crippen MR) is 103 cm³/mol. The molecule has 0 saturated heterocycles. The molecule has 2 aromatic carbocycles. The lowest BCUT2D eigenvalue weighted by Gasteiger charge is -2.20. The van der Waals surface area contributed by atoms with Crippen LogP contribution in [0.5, 0.6) is 0 Å². The van der Waals surface area contributed by atoms with Gasteiger partial charge in [0, 0.05) is 6.54 Å². The Balaban J connectivity index is 1.66. The first-order chi connectivity index (χ1) is 13.1. The quantitative estimate of drug-likeness (QED) is 0.567. The largest absolute Gasteiger partial charge is 0.343 e. The zero-order chi connectivity index (χ0) is 18.8. The summed E-state index contributed by atoms with van der Waals surface area (Å²) in [7, 11) is 0. The summed E-state index contributed by atoms with van der Waals surface area (Å²) in [5.74, 6) is -0.496. The van der Waals surface area contributed by atoms with Crippen LogP contribution in [0.2, 0.25) is 0 Å². The smallest absolute Gasteiger partial charge is 0.263 e. The SMILES string of the molecule is Cc1ncsc1C(=O)N[C@H](Cn1cnc2ccccc21)c1ccc(F)cc1. The van der Waals surface area contributed by atoms with Crippen LogP contribution in [0.25, 0.3) is 11.0 Å². The molecule has 0 aliphatic carbocycles. The van der Waals surface area contributed by atoms with Gasteiger partial charge < -0.3 is 9.88 Å². The second-order valence-corrected chi connectivity index (χ2v) is 7.08. The van der Waals surface area contributed by atoms with Crippen molar-refractivity contribution in [3.8, 4) is 0 Å². The summed E-state index contributed by atoms with van der Waals surface area (Å²) in [5, 5.41) is 3.06.